The number of aliphatic imine (C=N–C) groups is 1. The highest BCUT2D eigenvalue weighted by Crippen LogP contribution is 2.26. The molecule has 1 aromatic carbocycles. The summed E-state index contributed by atoms with van der Waals surface area (Å²) >= 11 is 5.97. The predicted octanol–water partition coefficient (Wildman–Crippen LogP) is 2.80. The van der Waals surface area contributed by atoms with Gasteiger partial charge in [0.25, 0.3) is 0 Å². The number of nitrogens with zero attached hydrogens (tertiary/aromatic N) is 1. The van der Waals surface area contributed by atoms with Gasteiger partial charge in [0.15, 0.2) is 0 Å². The van der Waals surface area contributed by atoms with Gasteiger partial charge in [0.1, 0.15) is 0 Å². The number of H-pyrrole nitrogens is 1. The summed E-state index contributed by atoms with van der Waals surface area (Å²) in [6.07, 6.45) is 2.92. The third-order valence-corrected chi connectivity index (χ3v) is 2.85. The van der Waals surface area contributed by atoms with Crippen molar-refractivity contribution in [2.24, 2.45) is 4.99 Å². The van der Waals surface area contributed by atoms with Crippen molar-refractivity contribution in [1.82, 2.24) is 4.98 Å². The van der Waals surface area contributed by atoms with Crippen LogP contribution >= 0.6 is 11.6 Å². The SMILES string of the molecule is Clc1ccc2[nH]c3c(c2c1)CCN=C3. The van der Waals surface area contributed by atoms with E-state index in [9.17, 15) is 0 Å². The van der Waals surface area contributed by atoms with Gasteiger partial charge < -0.3 is 4.98 Å². The number of rotatable bonds is 0. The Morgan fingerprint density at radius 3 is 3.21 bits per heavy atom. The standard InChI is InChI=1S/C11H9ClN2/c12-7-1-2-10-9(5-7)8-3-4-13-6-11(8)14-10/h1-2,5-6,14H,3-4H2. The van der Waals surface area contributed by atoms with E-state index < -0.39 is 0 Å². The Hall–Kier alpha value is -1.28. The number of nitrogens with one attached hydrogen (secondary N) is 1. The van der Waals surface area contributed by atoms with E-state index in [2.05, 4.69) is 9.98 Å². The highest BCUT2D eigenvalue weighted by molar-refractivity contribution is 6.31. The number of hydrogen-bond acceptors (Lipinski definition) is 1. The van der Waals surface area contributed by atoms with E-state index in [1.54, 1.807) is 0 Å². The molecular weight excluding hydrogens is 196 g/mol. The summed E-state index contributed by atoms with van der Waals surface area (Å²) in [7, 11) is 0. The normalized spacial score (nSPS) is 14.6. The number of halogens is 1. The molecule has 0 bridgehead atoms. The zero-order valence-electron chi connectivity index (χ0n) is 7.55. The summed E-state index contributed by atoms with van der Waals surface area (Å²) in [6, 6.07) is 5.94. The molecule has 0 spiro atoms. The molecule has 1 aromatic heterocycles. The quantitative estimate of drug-likeness (QED) is 0.684. The highest BCUT2D eigenvalue weighted by Gasteiger charge is 2.12. The fourth-order valence-electron chi connectivity index (χ4n) is 1.95. The largest absolute Gasteiger partial charge is 0.354 e. The smallest absolute Gasteiger partial charge is 0.0605 e. The summed E-state index contributed by atoms with van der Waals surface area (Å²) in [5, 5.41) is 2.03. The molecule has 14 heavy (non-hydrogen) atoms. The molecule has 0 unspecified atom stereocenters. The first-order valence-electron chi connectivity index (χ1n) is 4.64. The van der Waals surface area contributed by atoms with Gasteiger partial charge in [-0.3, -0.25) is 4.99 Å². The zero-order valence-corrected chi connectivity index (χ0v) is 8.30. The molecule has 0 fully saturated rings. The van der Waals surface area contributed by atoms with Crippen LogP contribution in [0.2, 0.25) is 5.02 Å². The van der Waals surface area contributed by atoms with Gasteiger partial charge in [0.2, 0.25) is 0 Å². The zero-order chi connectivity index (χ0) is 9.54. The van der Waals surface area contributed by atoms with Gasteiger partial charge in [-0.15, -0.1) is 0 Å². The summed E-state index contributed by atoms with van der Waals surface area (Å²) < 4.78 is 0. The molecule has 3 rings (SSSR count). The van der Waals surface area contributed by atoms with Crippen molar-refractivity contribution in [3.8, 4) is 0 Å². The average molecular weight is 205 g/mol. The van der Waals surface area contributed by atoms with Gasteiger partial charge in [0, 0.05) is 28.7 Å². The third kappa shape index (κ3) is 1.07. The van der Waals surface area contributed by atoms with Crippen LogP contribution in [0.25, 0.3) is 10.9 Å². The molecule has 0 saturated carbocycles. The van der Waals surface area contributed by atoms with Gasteiger partial charge in [-0.25, -0.2) is 0 Å². The Bertz CT molecular complexity index is 525. The monoisotopic (exact) mass is 204 g/mol. The molecule has 1 N–H and O–H groups in total. The lowest BCUT2D eigenvalue weighted by Crippen LogP contribution is -2.00. The van der Waals surface area contributed by atoms with Crippen molar-refractivity contribution in [3.63, 3.8) is 0 Å². The molecule has 0 radical (unpaired) electrons. The van der Waals surface area contributed by atoms with Crippen LogP contribution in [0, 0.1) is 0 Å². The summed E-state index contributed by atoms with van der Waals surface area (Å²) in [5.41, 5.74) is 3.62. The minimum atomic E-state index is 0.793. The second kappa shape index (κ2) is 2.85. The van der Waals surface area contributed by atoms with E-state index in [0.717, 1.165) is 29.2 Å². The van der Waals surface area contributed by atoms with Gasteiger partial charge in [-0.05, 0) is 30.2 Å². The van der Waals surface area contributed by atoms with Crippen LogP contribution in [-0.4, -0.2) is 17.7 Å². The van der Waals surface area contributed by atoms with Crippen LogP contribution < -0.4 is 0 Å². The second-order valence-electron chi connectivity index (χ2n) is 3.49. The van der Waals surface area contributed by atoms with E-state index in [4.69, 9.17) is 11.6 Å². The molecule has 2 aromatic rings. The number of benzene rings is 1. The van der Waals surface area contributed by atoms with Crippen molar-refractivity contribution in [2.45, 2.75) is 6.42 Å². The van der Waals surface area contributed by atoms with E-state index in [-0.39, 0.29) is 0 Å². The van der Waals surface area contributed by atoms with Gasteiger partial charge >= 0.3 is 0 Å². The maximum atomic E-state index is 5.97. The topological polar surface area (TPSA) is 28.1 Å². The van der Waals surface area contributed by atoms with Crippen molar-refractivity contribution < 1.29 is 0 Å². The molecule has 0 amide bonds. The van der Waals surface area contributed by atoms with Crippen LogP contribution in [0.3, 0.4) is 0 Å². The summed E-state index contributed by atoms with van der Waals surface area (Å²) in [6.45, 7) is 0.881. The molecule has 0 saturated heterocycles. The third-order valence-electron chi connectivity index (χ3n) is 2.61. The number of aromatic nitrogens is 1. The maximum absolute atomic E-state index is 5.97. The Labute approximate surface area is 86.6 Å². The van der Waals surface area contributed by atoms with Crippen molar-refractivity contribution in [2.75, 3.05) is 6.54 Å². The van der Waals surface area contributed by atoms with E-state index in [1.807, 2.05) is 24.4 Å². The average Bonchev–Trinajstić information content (AvgIpc) is 2.56. The molecule has 0 aliphatic carbocycles. The number of hydrogen-bond donors (Lipinski definition) is 1. The maximum Gasteiger partial charge on any atom is 0.0605 e. The first kappa shape index (κ1) is 8.06. The Morgan fingerprint density at radius 2 is 2.29 bits per heavy atom. The van der Waals surface area contributed by atoms with Crippen LogP contribution in [0.4, 0.5) is 0 Å². The van der Waals surface area contributed by atoms with Crippen molar-refractivity contribution in [1.29, 1.82) is 0 Å². The molecule has 1 aliphatic rings. The van der Waals surface area contributed by atoms with E-state index in [0.29, 0.717) is 0 Å². The minimum absolute atomic E-state index is 0.793. The lowest BCUT2D eigenvalue weighted by Gasteiger charge is -2.03. The van der Waals surface area contributed by atoms with Gasteiger partial charge in [0.05, 0.1) is 5.69 Å². The molecule has 3 heteroatoms. The van der Waals surface area contributed by atoms with Crippen LogP contribution in [0.5, 0.6) is 0 Å². The number of aromatic amines is 1. The highest BCUT2D eigenvalue weighted by atomic mass is 35.5. The van der Waals surface area contributed by atoms with Crippen LogP contribution in [-0.2, 0) is 6.42 Å². The molecule has 70 valence electrons. The van der Waals surface area contributed by atoms with E-state index in [1.165, 1.54) is 10.9 Å². The fourth-order valence-corrected chi connectivity index (χ4v) is 2.12. The minimum Gasteiger partial charge on any atom is -0.354 e. The lowest BCUT2D eigenvalue weighted by atomic mass is 10.1. The lowest BCUT2D eigenvalue weighted by molar-refractivity contribution is 0.957. The van der Waals surface area contributed by atoms with Crippen molar-refractivity contribution >= 4 is 28.7 Å². The first-order valence-corrected chi connectivity index (χ1v) is 5.02. The number of fused-ring (bicyclic) bond motifs is 3. The summed E-state index contributed by atoms with van der Waals surface area (Å²) in [5.74, 6) is 0. The summed E-state index contributed by atoms with van der Waals surface area (Å²) in [4.78, 5) is 7.58. The second-order valence-corrected chi connectivity index (χ2v) is 3.93. The Kier molecular flexibility index (Phi) is 1.64. The van der Waals surface area contributed by atoms with Crippen LogP contribution in [0.1, 0.15) is 11.3 Å². The Morgan fingerprint density at radius 1 is 1.36 bits per heavy atom. The first-order chi connectivity index (χ1) is 6.84. The Balaban J connectivity index is 2.39. The van der Waals surface area contributed by atoms with Crippen LogP contribution in [0.15, 0.2) is 23.2 Å². The molecule has 2 nitrogen and oxygen atoms in total. The molecule has 0 atom stereocenters. The van der Waals surface area contributed by atoms with Gasteiger partial charge in [-0.1, -0.05) is 11.6 Å². The molecular formula is C11H9ClN2. The predicted molar refractivity (Wildman–Crippen MR) is 59.5 cm³/mol. The van der Waals surface area contributed by atoms with Crippen molar-refractivity contribution in [3.05, 3.63) is 34.5 Å². The molecule has 2 heterocycles. The fraction of sp³-hybridized carbons (Fsp3) is 0.182. The van der Waals surface area contributed by atoms with E-state index >= 15 is 0 Å². The van der Waals surface area contributed by atoms with Gasteiger partial charge in [-0.2, -0.15) is 0 Å². The molecule has 1 aliphatic heterocycles.